The standard InChI is InChI=1S/C13H15N2O2/c1-14-7-8-15(10-14)9-11-5-3-4-6-12(11)13(16)17-2/h3-8,10H,9H2,1-2H3/q+1. The van der Waals surface area contributed by atoms with Gasteiger partial charge in [-0.2, -0.15) is 0 Å². The van der Waals surface area contributed by atoms with Gasteiger partial charge in [-0.25, -0.2) is 13.9 Å². The first-order chi connectivity index (χ1) is 8.20. The van der Waals surface area contributed by atoms with Gasteiger partial charge in [-0.3, -0.25) is 0 Å². The van der Waals surface area contributed by atoms with E-state index in [1.54, 1.807) is 6.07 Å². The number of aromatic nitrogens is 2. The van der Waals surface area contributed by atoms with Gasteiger partial charge in [0.1, 0.15) is 18.9 Å². The maximum Gasteiger partial charge on any atom is 0.338 e. The lowest BCUT2D eigenvalue weighted by atomic mass is 10.1. The molecule has 17 heavy (non-hydrogen) atoms. The number of aryl methyl sites for hydroxylation is 1. The average Bonchev–Trinajstić information content (AvgIpc) is 2.74. The maximum atomic E-state index is 11.6. The van der Waals surface area contributed by atoms with Crippen LogP contribution in [0.15, 0.2) is 43.0 Å². The van der Waals surface area contributed by atoms with Crippen LogP contribution in [-0.4, -0.2) is 17.6 Å². The minimum absolute atomic E-state index is 0.294. The molecule has 4 nitrogen and oxygen atoms in total. The van der Waals surface area contributed by atoms with E-state index in [2.05, 4.69) is 0 Å². The Labute approximate surface area is 100 Å². The molecule has 0 radical (unpaired) electrons. The molecule has 0 saturated carbocycles. The fourth-order valence-electron chi connectivity index (χ4n) is 1.76. The summed E-state index contributed by atoms with van der Waals surface area (Å²) >= 11 is 0. The molecule has 0 unspecified atom stereocenters. The van der Waals surface area contributed by atoms with E-state index in [1.807, 2.05) is 53.1 Å². The molecule has 0 aliphatic rings. The number of imidazole rings is 1. The Morgan fingerprint density at radius 2 is 2.18 bits per heavy atom. The predicted octanol–water partition coefficient (Wildman–Crippen LogP) is 1.15. The summed E-state index contributed by atoms with van der Waals surface area (Å²) in [5.41, 5.74) is 1.57. The molecule has 0 aliphatic heterocycles. The van der Waals surface area contributed by atoms with E-state index in [0.717, 1.165) is 5.56 Å². The quantitative estimate of drug-likeness (QED) is 0.586. The van der Waals surface area contributed by atoms with Crippen molar-refractivity contribution in [2.45, 2.75) is 6.54 Å². The van der Waals surface area contributed by atoms with Crippen LogP contribution in [0.25, 0.3) is 0 Å². The summed E-state index contributed by atoms with van der Waals surface area (Å²) in [5, 5.41) is 0. The number of nitrogens with zero attached hydrogens (tertiary/aromatic N) is 2. The Hall–Kier alpha value is -2.10. The van der Waals surface area contributed by atoms with Gasteiger partial charge >= 0.3 is 5.97 Å². The van der Waals surface area contributed by atoms with Crippen LogP contribution >= 0.6 is 0 Å². The zero-order valence-electron chi connectivity index (χ0n) is 9.96. The van der Waals surface area contributed by atoms with E-state index in [0.29, 0.717) is 12.1 Å². The van der Waals surface area contributed by atoms with E-state index in [-0.39, 0.29) is 5.97 Å². The Morgan fingerprint density at radius 3 is 2.82 bits per heavy atom. The summed E-state index contributed by atoms with van der Waals surface area (Å²) in [4.78, 5) is 11.6. The van der Waals surface area contributed by atoms with Gasteiger partial charge in [-0.15, -0.1) is 0 Å². The third-order valence-electron chi connectivity index (χ3n) is 2.60. The molecule has 0 N–H and O–H groups in total. The highest BCUT2D eigenvalue weighted by Crippen LogP contribution is 2.11. The minimum atomic E-state index is -0.294. The first kappa shape index (κ1) is 11.4. The molecule has 1 aromatic carbocycles. The van der Waals surface area contributed by atoms with E-state index >= 15 is 0 Å². The molecule has 0 aliphatic carbocycles. The molecule has 0 fully saturated rings. The van der Waals surface area contributed by atoms with Crippen LogP contribution in [0.1, 0.15) is 15.9 Å². The molecule has 0 atom stereocenters. The number of rotatable bonds is 3. The van der Waals surface area contributed by atoms with Crippen molar-refractivity contribution in [3.8, 4) is 0 Å². The van der Waals surface area contributed by atoms with Crippen molar-refractivity contribution in [3.05, 3.63) is 54.1 Å². The second-order valence-electron chi connectivity index (χ2n) is 3.90. The van der Waals surface area contributed by atoms with Crippen LogP contribution in [0.4, 0.5) is 0 Å². The summed E-state index contributed by atoms with van der Waals surface area (Å²) in [6, 6.07) is 7.48. The van der Waals surface area contributed by atoms with Gasteiger partial charge in [0, 0.05) is 5.56 Å². The molecular formula is C13H15N2O2+. The second kappa shape index (κ2) is 4.82. The molecular weight excluding hydrogens is 216 g/mol. The van der Waals surface area contributed by atoms with Gasteiger partial charge in [-0.05, 0) is 6.07 Å². The van der Waals surface area contributed by atoms with E-state index in [9.17, 15) is 4.79 Å². The molecule has 0 amide bonds. The molecule has 4 heteroatoms. The van der Waals surface area contributed by atoms with Crippen molar-refractivity contribution < 1.29 is 14.1 Å². The lowest BCUT2D eigenvalue weighted by Crippen LogP contribution is -2.23. The SMILES string of the molecule is COC(=O)c1ccccc1Cn1cc[n+](C)c1. The molecule has 0 bridgehead atoms. The zero-order chi connectivity index (χ0) is 12.3. The normalized spacial score (nSPS) is 10.2. The van der Waals surface area contributed by atoms with Crippen molar-refractivity contribution in [2.24, 2.45) is 7.05 Å². The van der Waals surface area contributed by atoms with Crippen molar-refractivity contribution in [3.63, 3.8) is 0 Å². The summed E-state index contributed by atoms with van der Waals surface area (Å²) < 4.78 is 8.74. The van der Waals surface area contributed by atoms with E-state index in [4.69, 9.17) is 4.74 Å². The Kier molecular flexibility index (Phi) is 3.23. The van der Waals surface area contributed by atoms with Crippen LogP contribution < -0.4 is 4.57 Å². The number of hydrogen-bond donors (Lipinski definition) is 0. The third-order valence-corrected chi connectivity index (χ3v) is 2.60. The molecule has 2 rings (SSSR count). The number of carbonyl (C=O) groups is 1. The van der Waals surface area contributed by atoms with Gasteiger partial charge in [0.05, 0.1) is 19.7 Å². The van der Waals surface area contributed by atoms with Crippen LogP contribution in [0.2, 0.25) is 0 Å². The highest BCUT2D eigenvalue weighted by Gasteiger charge is 2.12. The summed E-state index contributed by atoms with van der Waals surface area (Å²) in [5.74, 6) is -0.294. The smallest absolute Gasteiger partial charge is 0.338 e. The van der Waals surface area contributed by atoms with Crippen molar-refractivity contribution >= 4 is 5.97 Å². The topological polar surface area (TPSA) is 35.1 Å². The minimum Gasteiger partial charge on any atom is -0.465 e. The van der Waals surface area contributed by atoms with Gasteiger partial charge in [0.2, 0.25) is 6.33 Å². The molecule has 1 heterocycles. The Balaban J connectivity index is 2.29. The first-order valence-corrected chi connectivity index (χ1v) is 5.38. The van der Waals surface area contributed by atoms with Gasteiger partial charge in [-0.1, -0.05) is 18.2 Å². The number of hydrogen-bond acceptors (Lipinski definition) is 2. The molecule has 88 valence electrons. The van der Waals surface area contributed by atoms with Crippen molar-refractivity contribution in [1.82, 2.24) is 4.57 Å². The van der Waals surface area contributed by atoms with E-state index in [1.165, 1.54) is 7.11 Å². The van der Waals surface area contributed by atoms with Gasteiger partial charge < -0.3 is 4.74 Å². The lowest BCUT2D eigenvalue weighted by molar-refractivity contribution is -0.671. The summed E-state index contributed by atoms with van der Waals surface area (Å²) in [7, 11) is 3.36. The first-order valence-electron chi connectivity index (χ1n) is 5.38. The summed E-state index contributed by atoms with van der Waals surface area (Å²) in [6.07, 6.45) is 5.89. The monoisotopic (exact) mass is 231 g/mol. The number of carbonyl (C=O) groups excluding carboxylic acids is 1. The Morgan fingerprint density at radius 1 is 1.41 bits per heavy atom. The van der Waals surface area contributed by atoms with Gasteiger partial charge in [0.15, 0.2) is 0 Å². The van der Waals surface area contributed by atoms with Crippen LogP contribution in [0.3, 0.4) is 0 Å². The molecule has 0 saturated heterocycles. The second-order valence-corrected chi connectivity index (χ2v) is 3.90. The average molecular weight is 231 g/mol. The number of methoxy groups -OCH3 is 1. The fourth-order valence-corrected chi connectivity index (χ4v) is 1.76. The number of esters is 1. The molecule has 1 aromatic heterocycles. The lowest BCUT2D eigenvalue weighted by Gasteiger charge is -2.05. The largest absolute Gasteiger partial charge is 0.465 e. The zero-order valence-corrected chi connectivity index (χ0v) is 9.96. The fraction of sp³-hybridized carbons (Fsp3) is 0.231. The van der Waals surface area contributed by atoms with Crippen LogP contribution in [-0.2, 0) is 18.3 Å². The highest BCUT2D eigenvalue weighted by molar-refractivity contribution is 5.90. The van der Waals surface area contributed by atoms with Crippen LogP contribution in [0.5, 0.6) is 0 Å². The van der Waals surface area contributed by atoms with E-state index < -0.39 is 0 Å². The third kappa shape index (κ3) is 2.53. The summed E-state index contributed by atoms with van der Waals surface area (Å²) in [6.45, 7) is 0.659. The number of benzene rings is 1. The molecule has 0 spiro atoms. The van der Waals surface area contributed by atoms with Crippen LogP contribution in [0, 0.1) is 0 Å². The highest BCUT2D eigenvalue weighted by atomic mass is 16.5. The van der Waals surface area contributed by atoms with Crippen molar-refractivity contribution in [2.75, 3.05) is 7.11 Å². The Bertz CT molecular complexity index is 532. The maximum absolute atomic E-state index is 11.6. The van der Waals surface area contributed by atoms with Crippen molar-refractivity contribution in [1.29, 1.82) is 0 Å². The predicted molar refractivity (Wildman–Crippen MR) is 62.5 cm³/mol. The van der Waals surface area contributed by atoms with Gasteiger partial charge in [0.25, 0.3) is 0 Å². The molecule has 2 aromatic rings. The number of ether oxygens (including phenoxy) is 1.